The van der Waals surface area contributed by atoms with Crippen LogP contribution in [0.3, 0.4) is 0 Å². The largest absolute Gasteiger partial charge is 0.399 e. The lowest BCUT2D eigenvalue weighted by atomic mass is 10.1. The van der Waals surface area contributed by atoms with Crippen molar-refractivity contribution in [3.8, 4) is 0 Å². The fourth-order valence-corrected chi connectivity index (χ4v) is 0.939. The molecule has 1 heterocycles. The van der Waals surface area contributed by atoms with Gasteiger partial charge in [-0.15, -0.1) is 0 Å². The van der Waals surface area contributed by atoms with Crippen LogP contribution in [0.1, 0.15) is 11.1 Å². The Morgan fingerprint density at radius 2 is 2.27 bits per heavy atom. The smallest absolute Gasteiger partial charge is 0.151 e. The number of nitrogens with two attached hydrogens (primary N) is 1. The molecule has 2 N–H and O–H groups in total. The van der Waals surface area contributed by atoms with Crippen LogP contribution in [-0.4, -0.2) is 4.98 Å². The topological polar surface area (TPSA) is 38.9 Å². The maximum atomic E-state index is 12.9. The van der Waals surface area contributed by atoms with Crippen molar-refractivity contribution in [3.05, 3.63) is 35.9 Å². The van der Waals surface area contributed by atoms with Gasteiger partial charge in [-0.05, 0) is 12.5 Å². The van der Waals surface area contributed by atoms with Crippen LogP contribution < -0.4 is 5.73 Å². The number of hydrogen-bond acceptors (Lipinski definition) is 2. The van der Waals surface area contributed by atoms with Gasteiger partial charge in [-0.25, -0.2) is 4.39 Å². The van der Waals surface area contributed by atoms with Gasteiger partial charge >= 0.3 is 0 Å². The Hall–Kier alpha value is -1.38. The summed E-state index contributed by atoms with van der Waals surface area (Å²) in [6.45, 7) is 5.20. The molecule has 1 aromatic heterocycles. The van der Waals surface area contributed by atoms with E-state index in [0.29, 0.717) is 11.1 Å². The van der Waals surface area contributed by atoms with Gasteiger partial charge in [0.05, 0.1) is 6.20 Å². The maximum Gasteiger partial charge on any atom is 0.151 e. The Kier molecular flexibility index (Phi) is 1.89. The first-order valence-electron chi connectivity index (χ1n) is 3.17. The van der Waals surface area contributed by atoms with Gasteiger partial charge in [0, 0.05) is 17.5 Å². The van der Waals surface area contributed by atoms with E-state index < -0.39 is 5.82 Å². The summed E-state index contributed by atoms with van der Waals surface area (Å²) in [4.78, 5) is 3.66. The predicted octanol–water partition coefficient (Wildman–Crippen LogP) is 1.46. The molecule has 1 rings (SSSR count). The van der Waals surface area contributed by atoms with E-state index in [4.69, 9.17) is 5.73 Å². The van der Waals surface area contributed by atoms with Gasteiger partial charge in [0.2, 0.25) is 0 Å². The van der Waals surface area contributed by atoms with Crippen LogP contribution in [0.2, 0.25) is 0 Å². The number of aryl methyl sites for hydroxylation is 1. The van der Waals surface area contributed by atoms with Crippen LogP contribution in [-0.2, 0) is 0 Å². The third-order valence-corrected chi connectivity index (χ3v) is 1.41. The van der Waals surface area contributed by atoms with Crippen LogP contribution in [0.4, 0.5) is 4.39 Å². The van der Waals surface area contributed by atoms with Gasteiger partial charge in [0.1, 0.15) is 0 Å². The van der Waals surface area contributed by atoms with Crippen molar-refractivity contribution in [1.82, 2.24) is 4.98 Å². The second-order valence-electron chi connectivity index (χ2n) is 2.34. The molecule has 0 bridgehead atoms. The Morgan fingerprint density at radius 3 is 2.64 bits per heavy atom. The van der Waals surface area contributed by atoms with E-state index in [1.165, 1.54) is 0 Å². The highest BCUT2D eigenvalue weighted by atomic mass is 19.1. The van der Waals surface area contributed by atoms with E-state index >= 15 is 0 Å². The van der Waals surface area contributed by atoms with Crippen molar-refractivity contribution in [3.63, 3.8) is 0 Å². The van der Waals surface area contributed by atoms with E-state index in [2.05, 4.69) is 11.6 Å². The average Bonchev–Trinajstić information content (AvgIpc) is 1.85. The number of nitrogens with zero attached hydrogens (tertiary/aromatic N) is 1. The molecule has 58 valence electrons. The Labute approximate surface area is 64.6 Å². The summed E-state index contributed by atoms with van der Waals surface area (Å²) in [6.07, 6.45) is 2.68. The molecule has 0 aliphatic heterocycles. The van der Waals surface area contributed by atoms with E-state index in [1.54, 1.807) is 13.1 Å². The van der Waals surface area contributed by atoms with Crippen LogP contribution in [0.15, 0.2) is 19.0 Å². The minimum Gasteiger partial charge on any atom is -0.399 e. The quantitative estimate of drug-likeness (QED) is 0.661. The number of hydrogen-bond donors (Lipinski definition) is 1. The molecule has 0 aliphatic rings. The lowest BCUT2D eigenvalue weighted by Gasteiger charge is -2.03. The second kappa shape index (κ2) is 2.70. The second-order valence-corrected chi connectivity index (χ2v) is 2.34. The first-order valence-corrected chi connectivity index (χ1v) is 3.17. The van der Waals surface area contributed by atoms with Crippen molar-refractivity contribution in [2.75, 3.05) is 0 Å². The monoisotopic (exact) mass is 152 g/mol. The molecule has 0 unspecified atom stereocenters. The third-order valence-electron chi connectivity index (χ3n) is 1.41. The lowest BCUT2D eigenvalue weighted by molar-refractivity contribution is 0.615. The van der Waals surface area contributed by atoms with Gasteiger partial charge in [-0.1, -0.05) is 6.58 Å². The van der Waals surface area contributed by atoms with Crippen molar-refractivity contribution >= 4 is 5.70 Å². The summed E-state index contributed by atoms with van der Waals surface area (Å²) in [5, 5.41) is 0. The fraction of sp³-hybridized carbons (Fsp3) is 0.125. The predicted molar refractivity (Wildman–Crippen MR) is 42.2 cm³/mol. The molecule has 0 aliphatic carbocycles. The molecule has 0 atom stereocenters. The zero-order valence-electron chi connectivity index (χ0n) is 6.26. The number of aromatic nitrogens is 1. The summed E-state index contributed by atoms with van der Waals surface area (Å²) < 4.78 is 12.9. The Morgan fingerprint density at radius 1 is 1.64 bits per heavy atom. The Bertz CT molecular complexity index is 274. The average molecular weight is 152 g/mol. The highest BCUT2D eigenvalue weighted by Crippen LogP contribution is 2.15. The van der Waals surface area contributed by atoms with E-state index in [0.717, 1.165) is 6.20 Å². The maximum absolute atomic E-state index is 12.9. The van der Waals surface area contributed by atoms with Crippen LogP contribution in [0.5, 0.6) is 0 Å². The van der Waals surface area contributed by atoms with Gasteiger partial charge in [-0.3, -0.25) is 4.98 Å². The van der Waals surface area contributed by atoms with E-state index in [9.17, 15) is 4.39 Å². The number of pyridine rings is 1. The molecule has 0 fully saturated rings. The van der Waals surface area contributed by atoms with Crippen molar-refractivity contribution < 1.29 is 4.39 Å². The molecule has 3 heteroatoms. The SMILES string of the molecule is C=C(N)c1c(C)cncc1F. The fourth-order valence-electron chi connectivity index (χ4n) is 0.939. The van der Waals surface area contributed by atoms with Gasteiger partial charge in [0.15, 0.2) is 5.82 Å². The Balaban J connectivity index is 3.32. The van der Waals surface area contributed by atoms with Crippen molar-refractivity contribution in [1.29, 1.82) is 0 Å². The van der Waals surface area contributed by atoms with Crippen LogP contribution >= 0.6 is 0 Å². The van der Waals surface area contributed by atoms with Crippen molar-refractivity contribution in [2.45, 2.75) is 6.92 Å². The molecular weight excluding hydrogens is 143 g/mol. The molecule has 0 saturated carbocycles. The molecule has 0 radical (unpaired) electrons. The third kappa shape index (κ3) is 1.37. The normalized spacial score (nSPS) is 9.64. The highest BCUT2D eigenvalue weighted by Gasteiger charge is 2.05. The number of rotatable bonds is 1. The summed E-state index contributed by atoms with van der Waals surface area (Å²) >= 11 is 0. The van der Waals surface area contributed by atoms with Gasteiger partial charge < -0.3 is 5.73 Å². The van der Waals surface area contributed by atoms with E-state index in [-0.39, 0.29) is 5.70 Å². The zero-order chi connectivity index (χ0) is 8.43. The first kappa shape index (κ1) is 7.72. The molecule has 1 aromatic rings. The summed E-state index contributed by atoms with van der Waals surface area (Å²) in [5.74, 6) is -0.419. The minimum atomic E-state index is -0.419. The molecular formula is C8H9FN2. The molecule has 11 heavy (non-hydrogen) atoms. The summed E-state index contributed by atoms with van der Waals surface area (Å²) in [5.41, 5.74) is 6.66. The standard InChI is InChI=1S/C8H9FN2/c1-5-3-11-4-7(9)8(5)6(2)10/h3-4H,2,10H2,1H3. The summed E-state index contributed by atoms with van der Waals surface area (Å²) in [7, 11) is 0. The molecule has 0 amide bonds. The number of halogens is 1. The van der Waals surface area contributed by atoms with Crippen molar-refractivity contribution in [2.24, 2.45) is 5.73 Å². The van der Waals surface area contributed by atoms with Gasteiger partial charge in [-0.2, -0.15) is 0 Å². The van der Waals surface area contributed by atoms with Crippen LogP contribution in [0.25, 0.3) is 5.70 Å². The van der Waals surface area contributed by atoms with E-state index in [1.807, 2.05) is 0 Å². The molecule has 0 spiro atoms. The minimum absolute atomic E-state index is 0.238. The highest BCUT2D eigenvalue weighted by molar-refractivity contribution is 5.63. The lowest BCUT2D eigenvalue weighted by Crippen LogP contribution is -2.00. The molecule has 2 nitrogen and oxygen atoms in total. The van der Waals surface area contributed by atoms with Gasteiger partial charge in [0.25, 0.3) is 0 Å². The first-order chi connectivity index (χ1) is 5.13. The molecule has 0 aromatic carbocycles. The van der Waals surface area contributed by atoms with Crippen LogP contribution in [0, 0.1) is 12.7 Å². The summed E-state index contributed by atoms with van der Waals surface area (Å²) in [6, 6.07) is 0. The molecule has 0 saturated heterocycles. The zero-order valence-corrected chi connectivity index (χ0v) is 6.26.